The van der Waals surface area contributed by atoms with Crippen molar-refractivity contribution in [3.8, 4) is 0 Å². The van der Waals surface area contributed by atoms with Crippen molar-refractivity contribution in [2.45, 2.75) is 38.6 Å². The van der Waals surface area contributed by atoms with Crippen LogP contribution in [0, 0.1) is 5.82 Å². The molecule has 0 aliphatic heterocycles. The molecule has 0 aliphatic rings. The molecule has 0 bridgehead atoms. The fraction of sp³-hybridized carbons (Fsp3) is 0.467. The van der Waals surface area contributed by atoms with E-state index < -0.39 is 18.0 Å². The van der Waals surface area contributed by atoms with Crippen LogP contribution in [0.1, 0.15) is 31.7 Å². The van der Waals surface area contributed by atoms with Gasteiger partial charge in [-0.05, 0) is 30.5 Å². The van der Waals surface area contributed by atoms with E-state index in [1.807, 2.05) is 6.92 Å². The SMILES string of the molecule is CCCCC(NC(=O)NCCc1cccc(F)c1)C(N)=O. The lowest BCUT2D eigenvalue weighted by atomic mass is 10.1. The Balaban J connectivity index is 2.34. The normalized spacial score (nSPS) is 11.7. The zero-order valence-corrected chi connectivity index (χ0v) is 12.2. The van der Waals surface area contributed by atoms with Gasteiger partial charge in [-0.3, -0.25) is 4.79 Å². The fourth-order valence-electron chi connectivity index (χ4n) is 1.92. The van der Waals surface area contributed by atoms with Gasteiger partial charge >= 0.3 is 6.03 Å². The zero-order chi connectivity index (χ0) is 15.7. The maximum absolute atomic E-state index is 13.0. The van der Waals surface area contributed by atoms with Crippen LogP contribution in [0.25, 0.3) is 0 Å². The average molecular weight is 295 g/mol. The van der Waals surface area contributed by atoms with Crippen molar-refractivity contribution in [3.63, 3.8) is 0 Å². The van der Waals surface area contributed by atoms with Crippen molar-refractivity contribution in [1.29, 1.82) is 0 Å². The molecular formula is C15H22FN3O2. The van der Waals surface area contributed by atoms with Gasteiger partial charge < -0.3 is 16.4 Å². The van der Waals surface area contributed by atoms with Crippen LogP contribution < -0.4 is 16.4 Å². The van der Waals surface area contributed by atoms with E-state index in [0.29, 0.717) is 19.4 Å². The molecule has 0 saturated carbocycles. The number of benzene rings is 1. The predicted molar refractivity (Wildman–Crippen MR) is 79.1 cm³/mol. The van der Waals surface area contributed by atoms with E-state index in [9.17, 15) is 14.0 Å². The van der Waals surface area contributed by atoms with E-state index >= 15 is 0 Å². The number of urea groups is 1. The van der Waals surface area contributed by atoms with Gasteiger partial charge in [-0.1, -0.05) is 31.9 Å². The number of nitrogens with two attached hydrogens (primary N) is 1. The van der Waals surface area contributed by atoms with Crippen LogP contribution in [-0.2, 0) is 11.2 Å². The van der Waals surface area contributed by atoms with E-state index in [1.54, 1.807) is 12.1 Å². The molecule has 0 saturated heterocycles. The van der Waals surface area contributed by atoms with Crippen molar-refractivity contribution >= 4 is 11.9 Å². The van der Waals surface area contributed by atoms with Crippen molar-refractivity contribution in [3.05, 3.63) is 35.6 Å². The molecule has 3 amide bonds. The third-order valence-corrected chi connectivity index (χ3v) is 3.08. The number of carbonyl (C=O) groups excluding carboxylic acids is 2. The summed E-state index contributed by atoms with van der Waals surface area (Å²) in [4.78, 5) is 22.9. The second kappa shape index (κ2) is 8.94. The van der Waals surface area contributed by atoms with Crippen molar-refractivity contribution in [1.82, 2.24) is 10.6 Å². The van der Waals surface area contributed by atoms with E-state index in [0.717, 1.165) is 18.4 Å². The van der Waals surface area contributed by atoms with Crippen molar-refractivity contribution in [2.75, 3.05) is 6.54 Å². The van der Waals surface area contributed by atoms with Gasteiger partial charge in [0.15, 0.2) is 0 Å². The average Bonchev–Trinajstić information content (AvgIpc) is 2.43. The Morgan fingerprint density at radius 1 is 1.38 bits per heavy atom. The third kappa shape index (κ3) is 6.74. The smallest absolute Gasteiger partial charge is 0.315 e. The van der Waals surface area contributed by atoms with E-state index in [2.05, 4.69) is 10.6 Å². The van der Waals surface area contributed by atoms with Gasteiger partial charge in [0.25, 0.3) is 0 Å². The van der Waals surface area contributed by atoms with Crippen molar-refractivity contribution < 1.29 is 14.0 Å². The summed E-state index contributed by atoms with van der Waals surface area (Å²) in [5, 5.41) is 5.18. The summed E-state index contributed by atoms with van der Waals surface area (Å²) < 4.78 is 13.0. The summed E-state index contributed by atoms with van der Waals surface area (Å²) in [5.74, 6) is -0.839. The van der Waals surface area contributed by atoms with Gasteiger partial charge in [0, 0.05) is 6.54 Å². The van der Waals surface area contributed by atoms with Gasteiger partial charge in [0.05, 0.1) is 0 Å². The maximum Gasteiger partial charge on any atom is 0.315 e. The van der Waals surface area contributed by atoms with Gasteiger partial charge in [-0.15, -0.1) is 0 Å². The van der Waals surface area contributed by atoms with Crippen molar-refractivity contribution in [2.24, 2.45) is 5.73 Å². The number of hydrogen-bond donors (Lipinski definition) is 3. The molecule has 0 fully saturated rings. The Kier molecular flexibility index (Phi) is 7.21. The van der Waals surface area contributed by atoms with Crippen LogP contribution in [0.3, 0.4) is 0 Å². The first kappa shape index (κ1) is 16.9. The molecule has 4 N–H and O–H groups in total. The van der Waals surface area contributed by atoms with Gasteiger partial charge in [0.1, 0.15) is 11.9 Å². The number of halogens is 1. The van der Waals surface area contributed by atoms with Gasteiger partial charge in [-0.25, -0.2) is 9.18 Å². The topological polar surface area (TPSA) is 84.2 Å². The predicted octanol–water partition coefficient (Wildman–Crippen LogP) is 1.71. The molecule has 1 aromatic carbocycles. The highest BCUT2D eigenvalue weighted by molar-refractivity contribution is 5.85. The molecule has 0 spiro atoms. The lowest BCUT2D eigenvalue weighted by molar-refractivity contribution is -0.119. The summed E-state index contributed by atoms with van der Waals surface area (Å²) in [6.07, 6.45) is 2.79. The summed E-state index contributed by atoms with van der Waals surface area (Å²) >= 11 is 0. The van der Waals surface area contributed by atoms with Crippen LogP contribution in [0.2, 0.25) is 0 Å². The van der Waals surface area contributed by atoms with E-state index in [4.69, 9.17) is 5.73 Å². The monoisotopic (exact) mass is 295 g/mol. The highest BCUT2D eigenvalue weighted by Gasteiger charge is 2.16. The minimum absolute atomic E-state index is 0.301. The molecule has 1 atom stereocenters. The highest BCUT2D eigenvalue weighted by atomic mass is 19.1. The molecule has 1 unspecified atom stereocenters. The molecule has 1 aromatic rings. The summed E-state index contributed by atoms with van der Waals surface area (Å²) in [6.45, 7) is 2.35. The first-order valence-electron chi connectivity index (χ1n) is 7.11. The molecule has 0 aromatic heterocycles. The highest BCUT2D eigenvalue weighted by Crippen LogP contribution is 2.03. The summed E-state index contributed by atoms with van der Waals surface area (Å²) in [7, 11) is 0. The lowest BCUT2D eigenvalue weighted by Crippen LogP contribution is -2.48. The molecule has 1 rings (SSSR count). The molecular weight excluding hydrogens is 273 g/mol. The molecule has 0 aliphatic carbocycles. The Bertz CT molecular complexity index is 480. The number of carbonyl (C=O) groups is 2. The Hall–Kier alpha value is -2.11. The molecule has 6 heteroatoms. The Morgan fingerprint density at radius 2 is 2.14 bits per heavy atom. The standard InChI is InChI=1S/C15H22FN3O2/c1-2-3-7-13(14(17)20)19-15(21)18-9-8-11-5-4-6-12(16)10-11/h4-6,10,13H,2-3,7-9H2,1H3,(H2,17,20)(H2,18,19,21). The molecule has 0 heterocycles. The van der Waals surface area contributed by atoms with Crippen LogP contribution >= 0.6 is 0 Å². The first-order chi connectivity index (χ1) is 10.0. The number of amides is 3. The number of primary amides is 1. The molecule has 5 nitrogen and oxygen atoms in total. The van der Waals surface area contributed by atoms with Gasteiger partial charge in [0.2, 0.25) is 5.91 Å². The number of unbranched alkanes of at least 4 members (excludes halogenated alkanes) is 1. The summed E-state index contributed by atoms with van der Waals surface area (Å²) in [5.41, 5.74) is 6.04. The third-order valence-electron chi connectivity index (χ3n) is 3.08. The number of rotatable bonds is 8. The first-order valence-corrected chi connectivity index (χ1v) is 7.11. The largest absolute Gasteiger partial charge is 0.368 e. The number of nitrogens with one attached hydrogen (secondary N) is 2. The minimum Gasteiger partial charge on any atom is -0.368 e. The maximum atomic E-state index is 13.0. The minimum atomic E-state index is -0.654. The van der Waals surface area contributed by atoms with Crippen LogP contribution in [-0.4, -0.2) is 24.5 Å². The van der Waals surface area contributed by atoms with Gasteiger partial charge in [-0.2, -0.15) is 0 Å². The summed E-state index contributed by atoms with van der Waals surface area (Å²) in [6, 6.07) is 5.11. The second-order valence-electron chi connectivity index (χ2n) is 4.88. The van der Waals surface area contributed by atoms with Crippen LogP contribution in [0.4, 0.5) is 9.18 Å². The van der Waals surface area contributed by atoms with Crippen LogP contribution in [0.5, 0.6) is 0 Å². The quantitative estimate of drug-likeness (QED) is 0.682. The fourth-order valence-corrected chi connectivity index (χ4v) is 1.92. The Labute approximate surface area is 124 Å². The van der Waals surface area contributed by atoms with E-state index in [-0.39, 0.29) is 5.82 Å². The number of hydrogen-bond acceptors (Lipinski definition) is 2. The molecule has 21 heavy (non-hydrogen) atoms. The molecule has 0 radical (unpaired) electrons. The van der Waals surface area contributed by atoms with E-state index in [1.165, 1.54) is 12.1 Å². The second-order valence-corrected chi connectivity index (χ2v) is 4.88. The lowest BCUT2D eigenvalue weighted by Gasteiger charge is -2.15. The zero-order valence-electron chi connectivity index (χ0n) is 12.2. The Morgan fingerprint density at radius 3 is 2.76 bits per heavy atom. The van der Waals surface area contributed by atoms with Crippen LogP contribution in [0.15, 0.2) is 24.3 Å². The molecule has 116 valence electrons.